The molecule has 2 aromatic heterocycles. The van der Waals surface area contributed by atoms with Crippen LogP contribution >= 0.6 is 34.7 Å². The molecule has 4 rings (SSSR count). The molecular weight excluding hydrogens is 462 g/mol. The van der Waals surface area contributed by atoms with Crippen molar-refractivity contribution in [3.8, 4) is 17.1 Å². The van der Waals surface area contributed by atoms with E-state index in [1.165, 1.54) is 23.1 Å². The zero-order valence-corrected chi connectivity index (χ0v) is 20.3. The van der Waals surface area contributed by atoms with E-state index < -0.39 is 0 Å². The Morgan fingerprint density at radius 1 is 1.16 bits per heavy atom. The van der Waals surface area contributed by atoms with Crippen molar-refractivity contribution < 1.29 is 4.79 Å². The van der Waals surface area contributed by atoms with Crippen molar-refractivity contribution in [2.24, 2.45) is 0 Å². The van der Waals surface area contributed by atoms with Gasteiger partial charge in [0, 0.05) is 17.0 Å². The van der Waals surface area contributed by atoms with Crippen molar-refractivity contribution in [2.75, 3.05) is 0 Å². The monoisotopic (exact) mass is 483 g/mol. The Labute approximate surface area is 200 Å². The summed E-state index contributed by atoms with van der Waals surface area (Å²) in [5.74, 6) is 1.10. The lowest BCUT2D eigenvalue weighted by Crippen LogP contribution is -2.30. The summed E-state index contributed by atoms with van der Waals surface area (Å²) in [7, 11) is 0. The summed E-state index contributed by atoms with van der Waals surface area (Å²) in [5.41, 5.74) is 3.35. The van der Waals surface area contributed by atoms with E-state index in [0.717, 1.165) is 27.0 Å². The number of amides is 1. The second kappa shape index (κ2) is 9.85. The maximum atomic E-state index is 12.2. The molecule has 1 amide bonds. The summed E-state index contributed by atoms with van der Waals surface area (Å²) in [6.07, 6.45) is 0. The van der Waals surface area contributed by atoms with Crippen molar-refractivity contribution in [3.63, 3.8) is 0 Å². The summed E-state index contributed by atoms with van der Waals surface area (Å²) in [6, 6.07) is 15.8. The molecule has 32 heavy (non-hydrogen) atoms. The van der Waals surface area contributed by atoms with Crippen LogP contribution < -0.4 is 5.32 Å². The Balaban J connectivity index is 1.65. The third-order valence-electron chi connectivity index (χ3n) is 4.63. The molecule has 9 heteroatoms. The molecular formula is C23H22ClN5OS2. The van der Waals surface area contributed by atoms with Gasteiger partial charge in [-0.1, -0.05) is 53.7 Å². The number of thiazole rings is 1. The lowest BCUT2D eigenvalue weighted by molar-refractivity contribution is 0.0938. The first kappa shape index (κ1) is 22.5. The van der Waals surface area contributed by atoms with Crippen LogP contribution in [0.1, 0.15) is 34.9 Å². The largest absolute Gasteiger partial charge is 0.349 e. The number of hydrogen-bond acceptors (Lipinski definition) is 6. The summed E-state index contributed by atoms with van der Waals surface area (Å²) in [6.45, 7) is 5.91. The minimum atomic E-state index is -0.156. The van der Waals surface area contributed by atoms with E-state index in [-0.39, 0.29) is 11.9 Å². The van der Waals surface area contributed by atoms with Crippen molar-refractivity contribution >= 4 is 40.6 Å². The molecule has 0 aliphatic rings. The number of carbonyl (C=O) groups excluding carboxylic acids is 1. The van der Waals surface area contributed by atoms with Gasteiger partial charge in [-0.15, -0.1) is 21.5 Å². The highest BCUT2D eigenvalue weighted by molar-refractivity contribution is 7.98. The number of rotatable bonds is 7. The molecule has 2 aromatic carbocycles. The van der Waals surface area contributed by atoms with Crippen molar-refractivity contribution in [3.05, 3.63) is 75.2 Å². The molecule has 0 aliphatic heterocycles. The fourth-order valence-corrected chi connectivity index (χ4v) is 5.11. The molecule has 0 fully saturated rings. The van der Waals surface area contributed by atoms with Crippen LogP contribution in [0.15, 0.2) is 59.1 Å². The molecule has 6 nitrogen and oxygen atoms in total. The fraction of sp³-hybridized carbons (Fsp3) is 0.217. The van der Waals surface area contributed by atoms with Gasteiger partial charge in [0.1, 0.15) is 10.7 Å². The van der Waals surface area contributed by atoms with E-state index in [2.05, 4.69) is 33.5 Å². The molecule has 0 atom stereocenters. The van der Waals surface area contributed by atoms with E-state index in [1.807, 2.05) is 60.9 Å². The van der Waals surface area contributed by atoms with Gasteiger partial charge in [0.2, 0.25) is 0 Å². The van der Waals surface area contributed by atoms with Crippen molar-refractivity contribution in [1.29, 1.82) is 0 Å². The van der Waals surface area contributed by atoms with Crippen LogP contribution in [0.5, 0.6) is 0 Å². The molecule has 0 spiro atoms. The van der Waals surface area contributed by atoms with Gasteiger partial charge in [-0.3, -0.25) is 9.36 Å². The Morgan fingerprint density at radius 2 is 1.91 bits per heavy atom. The predicted octanol–water partition coefficient (Wildman–Crippen LogP) is 5.78. The van der Waals surface area contributed by atoms with Gasteiger partial charge < -0.3 is 5.32 Å². The number of nitrogens with zero attached hydrogens (tertiary/aromatic N) is 4. The quantitative estimate of drug-likeness (QED) is 0.337. The number of nitrogens with one attached hydrogen (secondary N) is 1. The molecule has 2 heterocycles. The first-order valence-corrected chi connectivity index (χ1v) is 12.3. The van der Waals surface area contributed by atoms with Crippen molar-refractivity contribution in [1.82, 2.24) is 25.1 Å². The normalized spacial score (nSPS) is 11.2. The molecule has 0 saturated carbocycles. The van der Waals surface area contributed by atoms with E-state index in [1.54, 1.807) is 5.38 Å². The Bertz CT molecular complexity index is 1250. The highest BCUT2D eigenvalue weighted by atomic mass is 35.5. The highest BCUT2D eigenvalue weighted by Gasteiger charge is 2.20. The molecule has 1 N–H and O–H groups in total. The maximum absolute atomic E-state index is 12.2. The summed E-state index contributed by atoms with van der Waals surface area (Å²) in [5, 5.41) is 15.8. The third-order valence-corrected chi connectivity index (χ3v) is 6.93. The van der Waals surface area contributed by atoms with Gasteiger partial charge in [-0.05, 0) is 44.5 Å². The topological polar surface area (TPSA) is 72.7 Å². The number of benzene rings is 2. The second-order valence-electron chi connectivity index (χ2n) is 7.45. The van der Waals surface area contributed by atoms with E-state index in [4.69, 9.17) is 11.6 Å². The average molecular weight is 484 g/mol. The lowest BCUT2D eigenvalue weighted by Gasteiger charge is -2.13. The van der Waals surface area contributed by atoms with E-state index >= 15 is 0 Å². The maximum Gasteiger partial charge on any atom is 0.270 e. The van der Waals surface area contributed by atoms with Gasteiger partial charge in [0.15, 0.2) is 11.0 Å². The number of halogens is 1. The lowest BCUT2D eigenvalue weighted by atomic mass is 10.1. The molecule has 4 aromatic rings. The molecule has 0 unspecified atom stereocenters. The Kier molecular flexibility index (Phi) is 6.93. The zero-order valence-electron chi connectivity index (χ0n) is 17.9. The first-order chi connectivity index (χ1) is 15.4. The van der Waals surface area contributed by atoms with Gasteiger partial charge in [0.25, 0.3) is 5.91 Å². The Hall–Kier alpha value is -2.68. The molecule has 0 aliphatic carbocycles. The van der Waals surface area contributed by atoms with Gasteiger partial charge in [0.05, 0.1) is 16.5 Å². The first-order valence-electron chi connectivity index (χ1n) is 10.1. The van der Waals surface area contributed by atoms with Gasteiger partial charge >= 0.3 is 0 Å². The number of para-hydroxylation sites is 1. The summed E-state index contributed by atoms with van der Waals surface area (Å²) < 4.78 is 2.03. The van der Waals surface area contributed by atoms with Crippen molar-refractivity contribution in [2.45, 2.75) is 37.7 Å². The minimum absolute atomic E-state index is 0.0675. The fourth-order valence-electron chi connectivity index (χ4n) is 3.16. The molecule has 164 valence electrons. The standard InChI is InChI=1S/C23H22ClN5OS2/c1-14(2)25-22(30)18-12-31-20(26-18)13-32-23-28-27-21(16-9-5-6-10-17(16)24)29(23)19-11-7-4-8-15(19)3/h4-12,14H,13H2,1-3H3,(H,25,30). The number of aromatic nitrogens is 4. The smallest absolute Gasteiger partial charge is 0.270 e. The van der Waals surface area contributed by atoms with Crippen LogP contribution in [0, 0.1) is 6.92 Å². The van der Waals surface area contributed by atoms with Gasteiger partial charge in [-0.2, -0.15) is 0 Å². The van der Waals surface area contributed by atoms with Crippen LogP contribution in [0.25, 0.3) is 17.1 Å². The van der Waals surface area contributed by atoms with E-state index in [0.29, 0.717) is 22.3 Å². The van der Waals surface area contributed by atoms with E-state index in [9.17, 15) is 4.79 Å². The van der Waals surface area contributed by atoms with Crippen LogP contribution in [-0.4, -0.2) is 31.7 Å². The SMILES string of the molecule is Cc1ccccc1-n1c(SCc2nc(C(=O)NC(C)C)cs2)nnc1-c1ccccc1Cl. The average Bonchev–Trinajstić information content (AvgIpc) is 3.40. The second-order valence-corrected chi connectivity index (χ2v) is 9.74. The predicted molar refractivity (Wildman–Crippen MR) is 131 cm³/mol. The summed E-state index contributed by atoms with van der Waals surface area (Å²) >= 11 is 9.46. The Morgan fingerprint density at radius 3 is 2.66 bits per heavy atom. The molecule has 0 bridgehead atoms. The third kappa shape index (κ3) is 4.87. The number of hydrogen-bond donors (Lipinski definition) is 1. The van der Waals surface area contributed by atoms with Crippen LogP contribution in [-0.2, 0) is 5.75 Å². The van der Waals surface area contributed by atoms with Crippen LogP contribution in [0.2, 0.25) is 5.02 Å². The van der Waals surface area contributed by atoms with Crippen LogP contribution in [0.4, 0.5) is 0 Å². The molecule has 0 radical (unpaired) electrons. The number of aryl methyl sites for hydroxylation is 1. The summed E-state index contributed by atoms with van der Waals surface area (Å²) in [4.78, 5) is 16.7. The minimum Gasteiger partial charge on any atom is -0.349 e. The van der Waals surface area contributed by atoms with Gasteiger partial charge in [-0.25, -0.2) is 4.98 Å². The van der Waals surface area contributed by atoms with Crippen LogP contribution in [0.3, 0.4) is 0 Å². The number of thioether (sulfide) groups is 1. The number of carbonyl (C=O) groups is 1. The molecule has 0 saturated heterocycles. The zero-order chi connectivity index (χ0) is 22.7. The highest BCUT2D eigenvalue weighted by Crippen LogP contribution is 2.34.